The van der Waals surface area contributed by atoms with E-state index in [-0.39, 0.29) is 17.0 Å². The van der Waals surface area contributed by atoms with E-state index >= 15 is 0 Å². The van der Waals surface area contributed by atoms with Gasteiger partial charge in [-0.25, -0.2) is 9.29 Å². The zero-order valence-corrected chi connectivity index (χ0v) is 17.1. The van der Waals surface area contributed by atoms with Gasteiger partial charge in [0, 0.05) is 10.7 Å². The van der Waals surface area contributed by atoms with E-state index in [4.69, 9.17) is 11.6 Å². The van der Waals surface area contributed by atoms with Gasteiger partial charge in [0.15, 0.2) is 0 Å². The van der Waals surface area contributed by atoms with Crippen LogP contribution in [0.15, 0.2) is 72.4 Å². The molecule has 2 amide bonds. The van der Waals surface area contributed by atoms with Crippen LogP contribution in [-0.2, 0) is 9.59 Å². The second kappa shape index (κ2) is 7.76. The Labute approximate surface area is 178 Å². The number of carbonyl (C=O) groups is 2. The highest BCUT2D eigenvalue weighted by Gasteiger charge is 2.41. The van der Waals surface area contributed by atoms with Crippen LogP contribution in [0.1, 0.15) is 16.7 Å². The fourth-order valence-electron chi connectivity index (χ4n) is 3.36. The SMILES string of the molecule is Cc1ccc(C2=C(Nc3cccc(Cl)c3C)C(=O)N(c3ccccc3F)C2=O)cc1. The summed E-state index contributed by atoms with van der Waals surface area (Å²) in [6.45, 7) is 3.74. The Kier molecular flexibility index (Phi) is 5.14. The standard InChI is InChI=1S/C24H18ClFN2O2/c1-14-10-12-16(13-11-14)21-22(27-19-8-5-6-17(25)15(19)2)24(30)28(23(21)29)20-9-4-3-7-18(20)26/h3-13,27H,1-2H3. The number of aryl methyl sites for hydroxylation is 1. The first kappa shape index (κ1) is 19.9. The first-order chi connectivity index (χ1) is 14.4. The van der Waals surface area contributed by atoms with Gasteiger partial charge in [0.1, 0.15) is 11.5 Å². The van der Waals surface area contributed by atoms with Crippen molar-refractivity contribution < 1.29 is 14.0 Å². The van der Waals surface area contributed by atoms with Crippen molar-refractivity contribution in [1.82, 2.24) is 0 Å². The van der Waals surface area contributed by atoms with E-state index in [9.17, 15) is 14.0 Å². The molecule has 4 rings (SSSR count). The molecule has 3 aromatic rings. The minimum Gasteiger partial charge on any atom is -0.350 e. The molecule has 1 heterocycles. The van der Waals surface area contributed by atoms with Crippen molar-refractivity contribution in [3.63, 3.8) is 0 Å². The summed E-state index contributed by atoms with van der Waals surface area (Å²) in [5.74, 6) is -1.86. The summed E-state index contributed by atoms with van der Waals surface area (Å²) in [5, 5.41) is 3.60. The maximum absolute atomic E-state index is 14.4. The van der Waals surface area contributed by atoms with E-state index in [1.165, 1.54) is 18.2 Å². The average Bonchev–Trinajstić information content (AvgIpc) is 2.96. The number of para-hydroxylation sites is 1. The molecule has 0 saturated heterocycles. The third-order valence-electron chi connectivity index (χ3n) is 5.04. The maximum Gasteiger partial charge on any atom is 0.282 e. The summed E-state index contributed by atoms with van der Waals surface area (Å²) in [6, 6.07) is 18.2. The first-order valence-corrected chi connectivity index (χ1v) is 9.73. The van der Waals surface area contributed by atoms with E-state index in [1.54, 1.807) is 36.4 Å². The van der Waals surface area contributed by atoms with Gasteiger partial charge in [-0.05, 0) is 49.2 Å². The van der Waals surface area contributed by atoms with Crippen LogP contribution < -0.4 is 10.2 Å². The second-order valence-electron chi connectivity index (χ2n) is 7.05. The molecule has 6 heteroatoms. The Morgan fingerprint density at radius 3 is 2.27 bits per heavy atom. The largest absolute Gasteiger partial charge is 0.350 e. The lowest BCUT2D eigenvalue weighted by Crippen LogP contribution is -2.33. The van der Waals surface area contributed by atoms with Gasteiger partial charge in [0.05, 0.1) is 11.3 Å². The predicted molar refractivity (Wildman–Crippen MR) is 117 cm³/mol. The summed E-state index contributed by atoms with van der Waals surface area (Å²) in [7, 11) is 0. The summed E-state index contributed by atoms with van der Waals surface area (Å²) in [6.07, 6.45) is 0. The van der Waals surface area contributed by atoms with Crippen molar-refractivity contribution in [2.24, 2.45) is 0 Å². The Bertz CT molecular complexity index is 1200. The molecule has 4 nitrogen and oxygen atoms in total. The minimum absolute atomic E-state index is 0.0810. The third kappa shape index (κ3) is 3.37. The molecule has 1 aliphatic rings. The molecule has 30 heavy (non-hydrogen) atoms. The maximum atomic E-state index is 14.4. The van der Waals surface area contributed by atoms with Crippen molar-refractivity contribution in [3.05, 3.63) is 100.0 Å². The highest BCUT2D eigenvalue weighted by Crippen LogP contribution is 2.36. The molecular formula is C24H18ClFN2O2. The Morgan fingerprint density at radius 2 is 1.57 bits per heavy atom. The molecule has 150 valence electrons. The predicted octanol–water partition coefficient (Wildman–Crippen LogP) is 5.49. The fraction of sp³-hybridized carbons (Fsp3) is 0.0833. The van der Waals surface area contributed by atoms with E-state index < -0.39 is 17.6 Å². The highest BCUT2D eigenvalue weighted by molar-refractivity contribution is 6.46. The van der Waals surface area contributed by atoms with Gasteiger partial charge in [-0.3, -0.25) is 9.59 Å². The van der Waals surface area contributed by atoms with Crippen LogP contribution in [0.4, 0.5) is 15.8 Å². The minimum atomic E-state index is -0.650. The monoisotopic (exact) mass is 420 g/mol. The summed E-state index contributed by atoms with van der Waals surface area (Å²) in [5.41, 5.74) is 3.09. The summed E-state index contributed by atoms with van der Waals surface area (Å²) in [4.78, 5) is 27.5. The number of rotatable bonds is 4. The van der Waals surface area contributed by atoms with Gasteiger partial charge in [-0.15, -0.1) is 0 Å². The van der Waals surface area contributed by atoms with E-state index in [1.807, 2.05) is 26.0 Å². The molecule has 0 aromatic heterocycles. The number of nitrogens with zero attached hydrogens (tertiary/aromatic N) is 1. The summed E-state index contributed by atoms with van der Waals surface area (Å²) >= 11 is 6.21. The molecule has 0 aliphatic carbocycles. The normalized spacial score (nSPS) is 13.9. The molecule has 0 atom stereocenters. The molecule has 0 spiro atoms. The average molecular weight is 421 g/mol. The molecule has 1 aliphatic heterocycles. The quantitative estimate of drug-likeness (QED) is 0.567. The molecule has 0 fully saturated rings. The van der Waals surface area contributed by atoms with E-state index in [0.717, 1.165) is 16.0 Å². The van der Waals surface area contributed by atoms with Crippen LogP contribution in [0.5, 0.6) is 0 Å². The number of anilines is 2. The first-order valence-electron chi connectivity index (χ1n) is 9.35. The van der Waals surface area contributed by atoms with Crippen LogP contribution in [0, 0.1) is 19.7 Å². The number of halogens is 2. The van der Waals surface area contributed by atoms with E-state index in [2.05, 4.69) is 5.32 Å². The number of nitrogens with one attached hydrogen (secondary N) is 1. The Hall–Kier alpha value is -3.44. The zero-order chi connectivity index (χ0) is 21.4. The highest BCUT2D eigenvalue weighted by atomic mass is 35.5. The zero-order valence-electron chi connectivity index (χ0n) is 16.4. The van der Waals surface area contributed by atoms with Gasteiger partial charge in [0.2, 0.25) is 0 Å². The lowest BCUT2D eigenvalue weighted by Gasteiger charge is -2.16. The van der Waals surface area contributed by atoms with Crippen molar-refractivity contribution in [2.75, 3.05) is 10.2 Å². The molecule has 3 aromatic carbocycles. The number of hydrogen-bond donors (Lipinski definition) is 1. The number of benzene rings is 3. The smallest absolute Gasteiger partial charge is 0.282 e. The van der Waals surface area contributed by atoms with Crippen molar-refractivity contribution >= 4 is 40.4 Å². The van der Waals surface area contributed by atoms with Crippen LogP contribution in [-0.4, -0.2) is 11.8 Å². The second-order valence-corrected chi connectivity index (χ2v) is 7.46. The molecule has 1 N–H and O–H groups in total. The van der Waals surface area contributed by atoms with E-state index in [0.29, 0.717) is 16.3 Å². The molecule has 0 saturated carbocycles. The van der Waals surface area contributed by atoms with Crippen molar-refractivity contribution in [1.29, 1.82) is 0 Å². The van der Waals surface area contributed by atoms with Crippen LogP contribution in [0.3, 0.4) is 0 Å². The van der Waals surface area contributed by atoms with Gasteiger partial charge in [-0.1, -0.05) is 59.6 Å². The fourth-order valence-corrected chi connectivity index (χ4v) is 3.54. The van der Waals surface area contributed by atoms with Crippen molar-refractivity contribution in [2.45, 2.75) is 13.8 Å². The molecular weight excluding hydrogens is 403 g/mol. The number of carbonyl (C=O) groups excluding carboxylic acids is 2. The third-order valence-corrected chi connectivity index (χ3v) is 5.45. The number of imide groups is 1. The molecule has 0 unspecified atom stereocenters. The number of hydrogen-bond acceptors (Lipinski definition) is 3. The van der Waals surface area contributed by atoms with Gasteiger partial charge in [-0.2, -0.15) is 0 Å². The van der Waals surface area contributed by atoms with Crippen molar-refractivity contribution in [3.8, 4) is 0 Å². The summed E-state index contributed by atoms with van der Waals surface area (Å²) < 4.78 is 14.4. The lowest BCUT2D eigenvalue weighted by atomic mass is 10.0. The van der Waals surface area contributed by atoms with Crippen LogP contribution in [0.2, 0.25) is 5.02 Å². The molecule has 0 bridgehead atoms. The van der Waals surface area contributed by atoms with Gasteiger partial charge < -0.3 is 5.32 Å². The van der Waals surface area contributed by atoms with Crippen LogP contribution >= 0.6 is 11.6 Å². The van der Waals surface area contributed by atoms with Crippen LogP contribution in [0.25, 0.3) is 5.57 Å². The Morgan fingerprint density at radius 1 is 0.867 bits per heavy atom. The van der Waals surface area contributed by atoms with Gasteiger partial charge >= 0.3 is 0 Å². The lowest BCUT2D eigenvalue weighted by molar-refractivity contribution is -0.120. The van der Waals surface area contributed by atoms with Gasteiger partial charge in [0.25, 0.3) is 11.8 Å². The topological polar surface area (TPSA) is 49.4 Å². The molecule has 0 radical (unpaired) electrons. The Balaban J connectivity index is 1.87. The number of amides is 2.